The van der Waals surface area contributed by atoms with E-state index in [1.807, 2.05) is 0 Å². The highest BCUT2D eigenvalue weighted by Gasteiger charge is 2.53. The topological polar surface area (TPSA) is 44.5 Å². The Balaban J connectivity index is 2.57. The molecule has 1 aromatic carbocycles. The van der Waals surface area contributed by atoms with E-state index in [4.69, 9.17) is 15.0 Å². The zero-order valence-corrected chi connectivity index (χ0v) is 11.5. The van der Waals surface area contributed by atoms with Crippen LogP contribution in [0.1, 0.15) is 27.7 Å². The molecule has 110 valence electrons. The fraction of sp³-hybridized carbons (Fsp3) is 0.500. The molecule has 1 aliphatic heterocycles. The molecule has 1 aromatic rings. The first-order valence-electron chi connectivity index (χ1n) is 5.96. The summed E-state index contributed by atoms with van der Waals surface area (Å²) in [5.41, 5.74) is 2.10. The molecule has 0 spiro atoms. The number of hydrogen-bond acceptors (Lipinski definition) is 3. The van der Waals surface area contributed by atoms with E-state index in [9.17, 15) is 17.6 Å². The van der Waals surface area contributed by atoms with Crippen molar-refractivity contribution in [1.82, 2.24) is 0 Å². The molecule has 0 radical (unpaired) electrons. The van der Waals surface area contributed by atoms with Gasteiger partial charge in [0.05, 0.1) is 16.9 Å². The number of benzene rings is 1. The maximum absolute atomic E-state index is 13.8. The van der Waals surface area contributed by atoms with Gasteiger partial charge in [0.2, 0.25) is 0 Å². The molecule has 0 atom stereocenters. The lowest BCUT2D eigenvalue weighted by molar-refractivity contribution is 0.00578. The van der Waals surface area contributed by atoms with Crippen LogP contribution in [-0.4, -0.2) is 18.3 Å². The van der Waals surface area contributed by atoms with Gasteiger partial charge in [0.1, 0.15) is 0 Å². The van der Waals surface area contributed by atoms with Crippen molar-refractivity contribution in [1.29, 1.82) is 0 Å². The second-order valence-corrected chi connectivity index (χ2v) is 5.67. The van der Waals surface area contributed by atoms with Crippen molar-refractivity contribution in [2.24, 2.45) is 0 Å². The lowest BCUT2D eigenvalue weighted by Crippen LogP contribution is -2.41. The van der Waals surface area contributed by atoms with Crippen molar-refractivity contribution in [3.63, 3.8) is 0 Å². The molecule has 0 amide bonds. The Morgan fingerprint density at radius 1 is 0.800 bits per heavy atom. The van der Waals surface area contributed by atoms with Crippen molar-refractivity contribution in [3.05, 3.63) is 23.3 Å². The molecule has 0 aliphatic carbocycles. The summed E-state index contributed by atoms with van der Waals surface area (Å²) in [5.74, 6) is -7.17. The van der Waals surface area contributed by atoms with Gasteiger partial charge in [-0.1, -0.05) is 0 Å². The van der Waals surface area contributed by atoms with Crippen LogP contribution in [-0.2, 0) is 9.31 Å². The molecule has 1 fully saturated rings. The largest absolute Gasteiger partial charge is 0.500 e. The number of nitrogen functional groups attached to an aromatic ring is 1. The van der Waals surface area contributed by atoms with Gasteiger partial charge >= 0.3 is 7.12 Å². The summed E-state index contributed by atoms with van der Waals surface area (Å²) >= 11 is 0. The SMILES string of the molecule is CC1(C)OB(c2c(N)c(F)c(F)c(F)c2F)OC1(C)C. The van der Waals surface area contributed by atoms with Crippen LogP contribution in [0.2, 0.25) is 0 Å². The summed E-state index contributed by atoms with van der Waals surface area (Å²) in [6.07, 6.45) is 0. The van der Waals surface area contributed by atoms with Gasteiger partial charge in [-0.15, -0.1) is 0 Å². The second kappa shape index (κ2) is 4.36. The molecule has 0 bridgehead atoms. The number of halogens is 4. The van der Waals surface area contributed by atoms with E-state index in [-0.39, 0.29) is 0 Å². The van der Waals surface area contributed by atoms with Crippen LogP contribution in [0.15, 0.2) is 0 Å². The van der Waals surface area contributed by atoms with Crippen LogP contribution in [0.3, 0.4) is 0 Å². The Morgan fingerprint density at radius 2 is 1.20 bits per heavy atom. The lowest BCUT2D eigenvalue weighted by atomic mass is 9.77. The third-order valence-corrected chi connectivity index (χ3v) is 3.83. The average Bonchev–Trinajstić information content (AvgIpc) is 2.53. The van der Waals surface area contributed by atoms with E-state index in [1.165, 1.54) is 0 Å². The second-order valence-electron chi connectivity index (χ2n) is 5.67. The van der Waals surface area contributed by atoms with E-state index in [0.29, 0.717) is 0 Å². The monoisotopic (exact) mass is 291 g/mol. The van der Waals surface area contributed by atoms with E-state index >= 15 is 0 Å². The molecule has 0 unspecified atom stereocenters. The zero-order valence-electron chi connectivity index (χ0n) is 11.5. The van der Waals surface area contributed by atoms with Crippen molar-refractivity contribution < 1.29 is 26.9 Å². The van der Waals surface area contributed by atoms with Gasteiger partial charge in [0, 0.05) is 5.46 Å². The summed E-state index contributed by atoms with van der Waals surface area (Å²) in [7, 11) is -1.41. The van der Waals surface area contributed by atoms with Gasteiger partial charge in [-0.25, -0.2) is 17.6 Å². The molecule has 1 aliphatic rings. The summed E-state index contributed by atoms with van der Waals surface area (Å²) in [4.78, 5) is 0. The summed E-state index contributed by atoms with van der Waals surface area (Å²) in [6, 6.07) is 0. The Labute approximate surface area is 114 Å². The van der Waals surface area contributed by atoms with E-state index in [1.54, 1.807) is 27.7 Å². The van der Waals surface area contributed by atoms with Gasteiger partial charge in [0.15, 0.2) is 23.3 Å². The van der Waals surface area contributed by atoms with E-state index in [0.717, 1.165) is 0 Å². The van der Waals surface area contributed by atoms with Gasteiger partial charge in [-0.05, 0) is 27.7 Å². The highest BCUT2D eigenvalue weighted by Crippen LogP contribution is 2.37. The average molecular weight is 291 g/mol. The molecular formula is C12H14BF4NO2. The van der Waals surface area contributed by atoms with Gasteiger partial charge in [0.25, 0.3) is 0 Å². The maximum Gasteiger partial charge on any atom is 0.500 e. The van der Waals surface area contributed by atoms with Gasteiger partial charge < -0.3 is 15.0 Å². The summed E-state index contributed by atoms with van der Waals surface area (Å²) in [5, 5.41) is 0. The smallest absolute Gasteiger partial charge is 0.399 e. The van der Waals surface area contributed by atoms with Crippen LogP contribution < -0.4 is 11.2 Å². The number of hydrogen-bond donors (Lipinski definition) is 1. The first-order chi connectivity index (χ1) is 8.99. The van der Waals surface area contributed by atoms with Gasteiger partial charge in [-0.3, -0.25) is 0 Å². The Morgan fingerprint density at radius 3 is 1.65 bits per heavy atom. The molecule has 2 N–H and O–H groups in total. The molecule has 1 saturated heterocycles. The third-order valence-electron chi connectivity index (χ3n) is 3.83. The Hall–Kier alpha value is -1.28. The van der Waals surface area contributed by atoms with Crippen molar-refractivity contribution in [2.45, 2.75) is 38.9 Å². The fourth-order valence-corrected chi connectivity index (χ4v) is 1.86. The van der Waals surface area contributed by atoms with Crippen molar-refractivity contribution in [2.75, 3.05) is 5.73 Å². The zero-order chi connectivity index (χ0) is 15.5. The molecule has 2 rings (SSSR count). The molecule has 3 nitrogen and oxygen atoms in total. The van der Waals surface area contributed by atoms with Crippen LogP contribution in [0, 0.1) is 23.3 Å². The number of rotatable bonds is 1. The molecular weight excluding hydrogens is 277 g/mol. The van der Waals surface area contributed by atoms with Crippen molar-refractivity contribution in [3.8, 4) is 0 Å². The fourth-order valence-electron chi connectivity index (χ4n) is 1.86. The first kappa shape index (κ1) is 15.1. The maximum atomic E-state index is 13.8. The van der Waals surface area contributed by atoms with E-state index < -0.39 is 52.7 Å². The van der Waals surface area contributed by atoms with Crippen LogP contribution in [0.5, 0.6) is 0 Å². The predicted molar refractivity (Wildman–Crippen MR) is 66.4 cm³/mol. The Bertz CT molecular complexity index is 532. The summed E-state index contributed by atoms with van der Waals surface area (Å²) < 4.78 is 64.6. The normalized spacial score (nSPS) is 20.5. The standard InChI is InChI=1S/C12H14BF4NO2/c1-11(2)12(3,4)20-13(19-11)5-6(14)7(15)8(16)9(17)10(5)18/h18H2,1-4H3. The van der Waals surface area contributed by atoms with Crippen LogP contribution >= 0.6 is 0 Å². The minimum Gasteiger partial charge on any atom is -0.399 e. The highest BCUT2D eigenvalue weighted by molar-refractivity contribution is 6.64. The number of nitrogens with two attached hydrogens (primary N) is 1. The molecule has 8 heteroatoms. The van der Waals surface area contributed by atoms with E-state index in [2.05, 4.69) is 0 Å². The molecule has 0 saturated carbocycles. The minimum atomic E-state index is -1.96. The first-order valence-corrected chi connectivity index (χ1v) is 5.96. The minimum absolute atomic E-state index is 0.667. The Kier molecular flexibility index (Phi) is 3.30. The third kappa shape index (κ3) is 1.98. The summed E-state index contributed by atoms with van der Waals surface area (Å²) in [6.45, 7) is 6.71. The molecule has 1 heterocycles. The molecule has 20 heavy (non-hydrogen) atoms. The number of anilines is 1. The van der Waals surface area contributed by atoms with Crippen molar-refractivity contribution >= 4 is 18.3 Å². The van der Waals surface area contributed by atoms with Crippen LogP contribution in [0.4, 0.5) is 23.2 Å². The van der Waals surface area contributed by atoms with Gasteiger partial charge in [-0.2, -0.15) is 0 Å². The highest BCUT2D eigenvalue weighted by atomic mass is 19.2. The predicted octanol–water partition coefficient (Wildman–Crippen LogP) is 2.12. The molecule has 0 aromatic heterocycles. The van der Waals surface area contributed by atoms with Crippen LogP contribution in [0.25, 0.3) is 0 Å². The quantitative estimate of drug-likeness (QED) is 0.283. The lowest BCUT2D eigenvalue weighted by Gasteiger charge is -2.32.